The maximum atomic E-state index is 12.7. The summed E-state index contributed by atoms with van der Waals surface area (Å²) in [5.41, 5.74) is 5.18. The van der Waals surface area contributed by atoms with E-state index in [4.69, 9.17) is 5.73 Å². The van der Waals surface area contributed by atoms with Crippen molar-refractivity contribution in [3.05, 3.63) is 0 Å². The highest BCUT2D eigenvalue weighted by Crippen LogP contribution is 2.12. The SMILES string of the molecule is CN(C)CCCNC(=O)C(CS)N(C(=O)C(N)=O)C(CS)C(=O)NCCCN(C)C. The van der Waals surface area contributed by atoms with E-state index in [2.05, 4.69) is 35.9 Å². The van der Waals surface area contributed by atoms with Crippen molar-refractivity contribution in [2.45, 2.75) is 24.9 Å². The molecule has 174 valence electrons. The smallest absolute Gasteiger partial charge is 0.313 e. The summed E-state index contributed by atoms with van der Waals surface area (Å²) in [6.07, 6.45) is 1.40. The number of hydrogen-bond acceptors (Lipinski definition) is 8. The lowest BCUT2D eigenvalue weighted by molar-refractivity contribution is -0.152. The highest BCUT2D eigenvalue weighted by molar-refractivity contribution is 7.80. The topological polar surface area (TPSA) is 128 Å². The van der Waals surface area contributed by atoms with Crippen LogP contribution in [-0.4, -0.2) is 116 Å². The number of carbonyl (C=O) groups excluding carboxylic acids is 4. The molecule has 2 unspecified atom stereocenters. The van der Waals surface area contributed by atoms with E-state index in [-0.39, 0.29) is 11.5 Å². The summed E-state index contributed by atoms with van der Waals surface area (Å²) in [5, 5.41) is 5.45. The molecule has 10 nitrogen and oxygen atoms in total. The van der Waals surface area contributed by atoms with Gasteiger partial charge in [0.15, 0.2) is 0 Å². The van der Waals surface area contributed by atoms with Crippen molar-refractivity contribution in [1.29, 1.82) is 0 Å². The maximum absolute atomic E-state index is 12.7. The van der Waals surface area contributed by atoms with E-state index in [1.54, 1.807) is 0 Å². The van der Waals surface area contributed by atoms with Crippen LogP contribution in [0.5, 0.6) is 0 Å². The first kappa shape index (κ1) is 28.5. The standard InChI is InChI=1S/C18H36N6O4S2/c1-22(2)9-5-7-20-16(26)13(11-29)24(18(28)15(19)25)14(12-30)17(27)21-8-6-10-23(3)4/h13-14,29-30H,5-12H2,1-4H3,(H2,19,25)(H,20,26)(H,21,27). The third kappa shape index (κ3) is 10.5. The summed E-state index contributed by atoms with van der Waals surface area (Å²) in [6, 6.07) is -2.28. The van der Waals surface area contributed by atoms with Crippen LogP contribution < -0.4 is 16.4 Å². The molecule has 0 aromatic carbocycles. The number of amides is 4. The molecule has 4 N–H and O–H groups in total. The molecule has 0 aliphatic rings. The van der Waals surface area contributed by atoms with Gasteiger partial charge in [0.05, 0.1) is 0 Å². The second-order valence-corrected chi connectivity index (χ2v) is 8.10. The van der Waals surface area contributed by atoms with E-state index in [1.807, 2.05) is 38.0 Å². The molecule has 0 heterocycles. The van der Waals surface area contributed by atoms with Crippen LogP contribution in [0.15, 0.2) is 0 Å². The van der Waals surface area contributed by atoms with E-state index in [0.29, 0.717) is 25.9 Å². The molecular weight excluding hydrogens is 428 g/mol. The predicted octanol–water partition coefficient (Wildman–Crippen LogP) is -1.97. The van der Waals surface area contributed by atoms with Crippen LogP contribution in [0.25, 0.3) is 0 Å². The van der Waals surface area contributed by atoms with Crippen molar-refractivity contribution in [1.82, 2.24) is 25.3 Å². The Kier molecular flexibility index (Phi) is 14.6. The lowest BCUT2D eigenvalue weighted by Crippen LogP contribution is -2.62. The first-order valence-electron chi connectivity index (χ1n) is 9.75. The molecule has 0 fully saturated rings. The number of primary amides is 1. The number of nitrogens with one attached hydrogen (secondary N) is 2. The van der Waals surface area contributed by atoms with E-state index in [9.17, 15) is 19.2 Å². The fourth-order valence-electron chi connectivity index (χ4n) is 2.67. The molecule has 0 radical (unpaired) electrons. The van der Waals surface area contributed by atoms with Gasteiger partial charge in [-0.1, -0.05) is 0 Å². The largest absolute Gasteiger partial charge is 0.361 e. The normalized spacial score (nSPS) is 13.1. The Morgan fingerprint density at radius 3 is 1.43 bits per heavy atom. The van der Waals surface area contributed by atoms with Gasteiger partial charge in [-0.15, -0.1) is 0 Å². The molecule has 0 aromatic heterocycles. The van der Waals surface area contributed by atoms with Gasteiger partial charge in [0.25, 0.3) is 0 Å². The summed E-state index contributed by atoms with van der Waals surface area (Å²) < 4.78 is 0. The highest BCUT2D eigenvalue weighted by Gasteiger charge is 2.39. The fourth-order valence-corrected chi connectivity index (χ4v) is 3.35. The lowest BCUT2D eigenvalue weighted by Gasteiger charge is -2.34. The van der Waals surface area contributed by atoms with Gasteiger partial charge < -0.3 is 31.1 Å². The van der Waals surface area contributed by atoms with Gasteiger partial charge in [-0.05, 0) is 54.1 Å². The summed E-state index contributed by atoms with van der Waals surface area (Å²) in [6.45, 7) is 2.29. The summed E-state index contributed by atoms with van der Waals surface area (Å²) >= 11 is 8.34. The van der Waals surface area contributed by atoms with Gasteiger partial charge in [0.2, 0.25) is 11.8 Å². The Morgan fingerprint density at radius 2 is 1.17 bits per heavy atom. The zero-order chi connectivity index (χ0) is 23.3. The zero-order valence-electron chi connectivity index (χ0n) is 18.3. The molecule has 0 saturated heterocycles. The highest BCUT2D eigenvalue weighted by atomic mass is 32.1. The van der Waals surface area contributed by atoms with Crippen LogP contribution in [0.4, 0.5) is 0 Å². The van der Waals surface area contributed by atoms with Gasteiger partial charge in [-0.25, -0.2) is 0 Å². The Bertz CT molecular complexity index is 541. The molecule has 30 heavy (non-hydrogen) atoms. The molecule has 0 aliphatic heterocycles. The average Bonchev–Trinajstić information content (AvgIpc) is 2.67. The summed E-state index contributed by atoms with van der Waals surface area (Å²) in [4.78, 5) is 54.3. The molecule has 0 bridgehead atoms. The quantitative estimate of drug-likeness (QED) is 0.115. The molecule has 0 aliphatic carbocycles. The van der Waals surface area contributed by atoms with E-state index < -0.39 is 35.7 Å². The molecule has 4 amide bonds. The fraction of sp³-hybridized carbons (Fsp3) is 0.778. The molecule has 2 atom stereocenters. The third-order valence-electron chi connectivity index (χ3n) is 4.23. The lowest BCUT2D eigenvalue weighted by atomic mass is 10.1. The Labute approximate surface area is 190 Å². The third-order valence-corrected chi connectivity index (χ3v) is 4.92. The van der Waals surface area contributed by atoms with Crippen molar-refractivity contribution >= 4 is 48.9 Å². The predicted molar refractivity (Wildman–Crippen MR) is 124 cm³/mol. The first-order chi connectivity index (χ1) is 14.1. The minimum absolute atomic E-state index is 0.0866. The van der Waals surface area contributed by atoms with Crippen LogP contribution in [-0.2, 0) is 19.2 Å². The number of thiol groups is 2. The minimum atomic E-state index is -1.26. The van der Waals surface area contributed by atoms with E-state index in [0.717, 1.165) is 18.0 Å². The Morgan fingerprint density at radius 1 is 0.800 bits per heavy atom. The number of hydrogen-bond donors (Lipinski definition) is 5. The van der Waals surface area contributed by atoms with Gasteiger partial charge >= 0.3 is 11.8 Å². The van der Waals surface area contributed by atoms with Crippen LogP contribution in [0.3, 0.4) is 0 Å². The molecule has 0 rings (SSSR count). The van der Waals surface area contributed by atoms with Gasteiger partial charge in [-0.3, -0.25) is 19.2 Å². The zero-order valence-corrected chi connectivity index (χ0v) is 20.0. The first-order valence-corrected chi connectivity index (χ1v) is 11.0. The van der Waals surface area contributed by atoms with Crippen LogP contribution in [0.1, 0.15) is 12.8 Å². The van der Waals surface area contributed by atoms with Gasteiger partial charge in [0, 0.05) is 24.6 Å². The number of carbonyl (C=O) groups is 4. The molecule has 12 heteroatoms. The van der Waals surface area contributed by atoms with Crippen molar-refractivity contribution in [3.63, 3.8) is 0 Å². The number of nitrogens with two attached hydrogens (primary N) is 1. The van der Waals surface area contributed by atoms with E-state index in [1.165, 1.54) is 0 Å². The molecular formula is C18H36N6O4S2. The second-order valence-electron chi connectivity index (χ2n) is 7.37. The van der Waals surface area contributed by atoms with Crippen molar-refractivity contribution in [2.75, 3.05) is 65.9 Å². The van der Waals surface area contributed by atoms with Crippen molar-refractivity contribution in [2.24, 2.45) is 5.73 Å². The summed E-state index contributed by atoms with van der Waals surface area (Å²) in [5.74, 6) is -3.57. The minimum Gasteiger partial charge on any atom is -0.361 e. The van der Waals surface area contributed by atoms with Crippen molar-refractivity contribution in [3.8, 4) is 0 Å². The maximum Gasteiger partial charge on any atom is 0.313 e. The number of nitrogens with zero attached hydrogens (tertiary/aromatic N) is 3. The second kappa shape index (κ2) is 15.3. The average molecular weight is 465 g/mol. The molecule has 0 saturated carbocycles. The monoisotopic (exact) mass is 464 g/mol. The van der Waals surface area contributed by atoms with Gasteiger partial charge in [0.1, 0.15) is 12.1 Å². The van der Waals surface area contributed by atoms with E-state index >= 15 is 0 Å². The molecule has 0 spiro atoms. The van der Waals surface area contributed by atoms with Crippen LogP contribution >= 0.6 is 25.3 Å². The van der Waals surface area contributed by atoms with Crippen LogP contribution in [0, 0.1) is 0 Å². The van der Waals surface area contributed by atoms with Crippen LogP contribution in [0.2, 0.25) is 0 Å². The van der Waals surface area contributed by atoms with Crippen molar-refractivity contribution < 1.29 is 19.2 Å². The Balaban J connectivity index is 5.34. The Hall–Kier alpha value is -1.50. The molecule has 0 aromatic rings. The van der Waals surface area contributed by atoms with Gasteiger partial charge in [-0.2, -0.15) is 25.3 Å². The summed E-state index contributed by atoms with van der Waals surface area (Å²) in [7, 11) is 7.67. The number of rotatable bonds is 14.